The van der Waals surface area contributed by atoms with Crippen molar-refractivity contribution >= 4 is 0 Å². The molecular weight excluding hydrogens is 312 g/mol. The Hall–Kier alpha value is -0.900. The molecule has 0 saturated heterocycles. The number of ether oxygens (including phenoxy) is 3. The Kier molecular flexibility index (Phi) is 10.3. The minimum Gasteiger partial charge on any atom is -0.372 e. The number of unbranched alkanes of at least 4 members (excludes halogenated alkanes) is 5. The van der Waals surface area contributed by atoms with Crippen molar-refractivity contribution in [1.82, 2.24) is 0 Å². The topological polar surface area (TPSA) is 27.7 Å². The van der Waals surface area contributed by atoms with E-state index in [9.17, 15) is 0 Å². The second-order valence-electron chi connectivity index (χ2n) is 6.86. The molecule has 0 amide bonds. The zero-order chi connectivity index (χ0) is 18.6. The number of hydrogen-bond acceptors (Lipinski definition) is 3. The summed E-state index contributed by atoms with van der Waals surface area (Å²) in [5.74, 6) is -0.886. The van der Waals surface area contributed by atoms with E-state index in [1.165, 1.54) is 32.1 Å². The fourth-order valence-corrected chi connectivity index (χ4v) is 4.00. The molecule has 0 aliphatic heterocycles. The lowest BCUT2D eigenvalue weighted by molar-refractivity contribution is -0.323. The van der Waals surface area contributed by atoms with E-state index in [-0.39, 0.29) is 0 Å². The standard InChI is InChI=1S/C22H38O3/c1-6-8-9-10-11-15-19-21(23-3,18-7-2)22(24-4,25-5)20-16-13-12-14-17-20/h12-14,16-17H,6-11,15,18-19H2,1-5H3. The van der Waals surface area contributed by atoms with Crippen LogP contribution < -0.4 is 0 Å². The summed E-state index contributed by atoms with van der Waals surface area (Å²) in [5.41, 5.74) is 0.526. The summed E-state index contributed by atoms with van der Waals surface area (Å²) in [6, 6.07) is 10.2. The first-order valence-corrected chi connectivity index (χ1v) is 9.87. The highest BCUT2D eigenvalue weighted by molar-refractivity contribution is 5.24. The predicted octanol–water partition coefficient (Wildman–Crippen LogP) is 6.07. The van der Waals surface area contributed by atoms with E-state index in [1.807, 2.05) is 18.2 Å². The Morgan fingerprint density at radius 3 is 1.80 bits per heavy atom. The van der Waals surface area contributed by atoms with Gasteiger partial charge in [-0.25, -0.2) is 0 Å². The molecule has 0 fully saturated rings. The minimum atomic E-state index is -0.886. The van der Waals surface area contributed by atoms with Crippen molar-refractivity contribution < 1.29 is 14.2 Å². The van der Waals surface area contributed by atoms with Crippen LogP contribution in [-0.2, 0) is 20.0 Å². The fraction of sp³-hybridized carbons (Fsp3) is 0.727. The largest absolute Gasteiger partial charge is 0.372 e. The van der Waals surface area contributed by atoms with Gasteiger partial charge in [0.25, 0.3) is 0 Å². The number of hydrogen-bond donors (Lipinski definition) is 0. The smallest absolute Gasteiger partial charge is 0.224 e. The van der Waals surface area contributed by atoms with Gasteiger partial charge in [-0.1, -0.05) is 89.1 Å². The van der Waals surface area contributed by atoms with Crippen LogP contribution in [0.25, 0.3) is 0 Å². The molecule has 25 heavy (non-hydrogen) atoms. The quantitative estimate of drug-likeness (QED) is 0.301. The van der Waals surface area contributed by atoms with Crippen LogP contribution in [0.15, 0.2) is 30.3 Å². The summed E-state index contributed by atoms with van der Waals surface area (Å²) >= 11 is 0. The monoisotopic (exact) mass is 350 g/mol. The van der Waals surface area contributed by atoms with Crippen molar-refractivity contribution in [3.05, 3.63) is 35.9 Å². The molecule has 1 unspecified atom stereocenters. The van der Waals surface area contributed by atoms with E-state index in [0.717, 1.165) is 31.2 Å². The van der Waals surface area contributed by atoms with Crippen LogP contribution >= 0.6 is 0 Å². The molecule has 0 bridgehead atoms. The predicted molar refractivity (Wildman–Crippen MR) is 105 cm³/mol. The zero-order valence-corrected chi connectivity index (χ0v) is 17.0. The highest BCUT2D eigenvalue weighted by Gasteiger charge is 2.53. The Bertz CT molecular complexity index is 442. The van der Waals surface area contributed by atoms with E-state index >= 15 is 0 Å². The van der Waals surface area contributed by atoms with Crippen molar-refractivity contribution in [2.75, 3.05) is 21.3 Å². The van der Waals surface area contributed by atoms with Crippen molar-refractivity contribution in [2.45, 2.75) is 83.0 Å². The Balaban J connectivity index is 3.02. The first-order chi connectivity index (χ1) is 12.2. The van der Waals surface area contributed by atoms with Gasteiger partial charge in [0, 0.05) is 26.9 Å². The molecule has 0 heterocycles. The van der Waals surface area contributed by atoms with Crippen LogP contribution in [0, 0.1) is 0 Å². The van der Waals surface area contributed by atoms with E-state index in [4.69, 9.17) is 14.2 Å². The summed E-state index contributed by atoms with van der Waals surface area (Å²) in [6.07, 6.45) is 10.4. The van der Waals surface area contributed by atoms with E-state index in [2.05, 4.69) is 26.0 Å². The van der Waals surface area contributed by atoms with Crippen LogP contribution in [0.2, 0.25) is 0 Å². The summed E-state index contributed by atoms with van der Waals surface area (Å²) in [6.45, 7) is 4.44. The zero-order valence-electron chi connectivity index (χ0n) is 17.0. The number of benzene rings is 1. The van der Waals surface area contributed by atoms with Gasteiger partial charge in [-0.05, 0) is 12.8 Å². The van der Waals surface area contributed by atoms with Gasteiger partial charge in [-0.15, -0.1) is 0 Å². The fourth-order valence-electron chi connectivity index (χ4n) is 4.00. The van der Waals surface area contributed by atoms with Crippen LogP contribution in [0.5, 0.6) is 0 Å². The second kappa shape index (κ2) is 11.7. The average Bonchev–Trinajstić information content (AvgIpc) is 2.66. The molecule has 1 aromatic rings. The maximum absolute atomic E-state index is 6.16. The molecule has 1 atom stereocenters. The summed E-state index contributed by atoms with van der Waals surface area (Å²) in [4.78, 5) is 0. The third-order valence-corrected chi connectivity index (χ3v) is 5.31. The highest BCUT2D eigenvalue weighted by Crippen LogP contribution is 2.45. The summed E-state index contributed by atoms with van der Waals surface area (Å²) in [5, 5.41) is 0. The Morgan fingerprint density at radius 1 is 0.680 bits per heavy atom. The van der Waals surface area contributed by atoms with E-state index < -0.39 is 11.4 Å². The molecule has 0 saturated carbocycles. The number of rotatable bonds is 14. The van der Waals surface area contributed by atoms with E-state index in [0.29, 0.717) is 0 Å². The maximum Gasteiger partial charge on any atom is 0.224 e. The third kappa shape index (κ3) is 5.29. The van der Waals surface area contributed by atoms with Crippen LogP contribution in [0.4, 0.5) is 0 Å². The van der Waals surface area contributed by atoms with Crippen LogP contribution in [-0.4, -0.2) is 26.9 Å². The minimum absolute atomic E-state index is 0.489. The van der Waals surface area contributed by atoms with Gasteiger partial charge in [0.05, 0.1) is 0 Å². The molecule has 0 spiro atoms. The Labute approximate surface area is 155 Å². The SMILES string of the molecule is CCCCCCCCC(CCC)(OC)C(OC)(OC)c1ccccc1. The van der Waals surface area contributed by atoms with Crippen molar-refractivity contribution in [2.24, 2.45) is 0 Å². The second-order valence-corrected chi connectivity index (χ2v) is 6.86. The van der Waals surface area contributed by atoms with Gasteiger partial charge in [0.1, 0.15) is 5.60 Å². The first kappa shape index (κ1) is 22.1. The molecule has 0 aliphatic carbocycles. The first-order valence-electron chi connectivity index (χ1n) is 9.87. The number of methoxy groups -OCH3 is 3. The molecule has 0 aromatic heterocycles. The van der Waals surface area contributed by atoms with Crippen LogP contribution in [0.1, 0.15) is 77.2 Å². The summed E-state index contributed by atoms with van der Waals surface area (Å²) < 4.78 is 18.2. The van der Waals surface area contributed by atoms with Gasteiger partial charge in [-0.3, -0.25) is 0 Å². The van der Waals surface area contributed by atoms with Crippen molar-refractivity contribution in [3.63, 3.8) is 0 Å². The molecule has 3 nitrogen and oxygen atoms in total. The van der Waals surface area contributed by atoms with Gasteiger partial charge >= 0.3 is 0 Å². The molecule has 3 heteroatoms. The molecule has 0 N–H and O–H groups in total. The van der Waals surface area contributed by atoms with Crippen molar-refractivity contribution in [3.8, 4) is 0 Å². The van der Waals surface area contributed by atoms with E-state index in [1.54, 1.807) is 21.3 Å². The average molecular weight is 351 g/mol. The molecule has 1 aromatic carbocycles. The van der Waals surface area contributed by atoms with Gasteiger partial charge in [0.2, 0.25) is 5.79 Å². The maximum atomic E-state index is 6.16. The highest BCUT2D eigenvalue weighted by atomic mass is 16.7. The molecule has 0 aliphatic rings. The molecular formula is C22H38O3. The van der Waals surface area contributed by atoms with Gasteiger partial charge in [-0.2, -0.15) is 0 Å². The Morgan fingerprint density at radius 2 is 1.28 bits per heavy atom. The van der Waals surface area contributed by atoms with Crippen molar-refractivity contribution in [1.29, 1.82) is 0 Å². The molecule has 1 rings (SSSR count). The lowest BCUT2D eigenvalue weighted by Gasteiger charge is -2.48. The van der Waals surface area contributed by atoms with Gasteiger partial charge < -0.3 is 14.2 Å². The lowest BCUT2D eigenvalue weighted by Crippen LogP contribution is -2.55. The molecule has 0 radical (unpaired) electrons. The van der Waals surface area contributed by atoms with Gasteiger partial charge in [0.15, 0.2) is 0 Å². The molecule has 144 valence electrons. The third-order valence-electron chi connectivity index (χ3n) is 5.31. The summed E-state index contributed by atoms with van der Waals surface area (Å²) in [7, 11) is 5.24. The normalized spacial score (nSPS) is 14.4. The van der Waals surface area contributed by atoms with Crippen LogP contribution in [0.3, 0.4) is 0 Å². The lowest BCUT2D eigenvalue weighted by atomic mass is 9.79.